The minimum Gasteiger partial charge on any atom is -0.351 e. The van der Waals surface area contributed by atoms with E-state index in [-0.39, 0.29) is 11.5 Å². The van der Waals surface area contributed by atoms with Gasteiger partial charge in [0.2, 0.25) is 0 Å². The second kappa shape index (κ2) is 5.43. The molecule has 1 aromatic carbocycles. The van der Waals surface area contributed by atoms with Crippen molar-refractivity contribution in [2.45, 2.75) is 26.8 Å². The molecule has 1 atom stereocenters. The molecule has 1 aliphatic rings. The number of allylic oxidation sites excluding steroid dienone is 1. The zero-order chi connectivity index (χ0) is 14.9. The highest BCUT2D eigenvalue weighted by atomic mass is 35.5. The Bertz CT molecular complexity index is 605. The van der Waals surface area contributed by atoms with Gasteiger partial charge in [0.05, 0.1) is 17.7 Å². The van der Waals surface area contributed by atoms with Crippen molar-refractivity contribution in [2.24, 2.45) is 5.41 Å². The van der Waals surface area contributed by atoms with E-state index in [1.807, 2.05) is 24.3 Å². The Morgan fingerprint density at radius 2 is 1.85 bits per heavy atom. The first kappa shape index (κ1) is 14.8. The van der Waals surface area contributed by atoms with Gasteiger partial charge >= 0.3 is 0 Å². The summed E-state index contributed by atoms with van der Waals surface area (Å²) in [6.45, 7) is 6.17. The maximum Gasteiger partial charge on any atom is 0.171 e. The summed E-state index contributed by atoms with van der Waals surface area (Å²) < 4.78 is 0. The van der Waals surface area contributed by atoms with Crippen LogP contribution in [0.15, 0.2) is 35.5 Å². The number of benzene rings is 1. The van der Waals surface area contributed by atoms with E-state index in [0.29, 0.717) is 15.7 Å². The Morgan fingerprint density at radius 3 is 2.35 bits per heavy atom. The van der Waals surface area contributed by atoms with E-state index in [4.69, 9.17) is 23.8 Å². The summed E-state index contributed by atoms with van der Waals surface area (Å²) >= 11 is 11.2. The molecule has 2 rings (SSSR count). The van der Waals surface area contributed by atoms with Crippen molar-refractivity contribution in [3.8, 4) is 6.07 Å². The molecule has 0 amide bonds. The van der Waals surface area contributed by atoms with Gasteiger partial charge in [-0.1, -0.05) is 44.5 Å². The lowest BCUT2D eigenvalue weighted by atomic mass is 9.84. The highest BCUT2D eigenvalue weighted by Gasteiger charge is 2.32. The molecule has 0 bridgehead atoms. The Morgan fingerprint density at radius 1 is 1.25 bits per heavy atom. The quantitative estimate of drug-likeness (QED) is 0.777. The molecule has 1 aliphatic heterocycles. The molecule has 0 fully saturated rings. The summed E-state index contributed by atoms with van der Waals surface area (Å²) in [6, 6.07) is 9.52. The summed E-state index contributed by atoms with van der Waals surface area (Å²) in [4.78, 5) is 0. The van der Waals surface area contributed by atoms with E-state index >= 15 is 0 Å². The van der Waals surface area contributed by atoms with Gasteiger partial charge in [-0.25, -0.2) is 0 Å². The molecule has 1 heterocycles. The normalized spacial score (nSPS) is 19.1. The second-order valence-electron chi connectivity index (χ2n) is 5.73. The molecule has 1 aromatic rings. The van der Waals surface area contributed by atoms with Crippen LogP contribution in [0.1, 0.15) is 32.4 Å². The third kappa shape index (κ3) is 2.95. The minimum atomic E-state index is -0.236. The smallest absolute Gasteiger partial charge is 0.171 e. The molecule has 20 heavy (non-hydrogen) atoms. The minimum absolute atomic E-state index is 0.179. The average Bonchev–Trinajstić information content (AvgIpc) is 2.37. The summed E-state index contributed by atoms with van der Waals surface area (Å²) in [7, 11) is 0. The van der Waals surface area contributed by atoms with Crippen LogP contribution in [0.2, 0.25) is 5.02 Å². The number of rotatable bonds is 1. The third-order valence-electron chi connectivity index (χ3n) is 3.15. The van der Waals surface area contributed by atoms with Gasteiger partial charge in [0.15, 0.2) is 5.11 Å². The SMILES string of the molecule is CC(C)(C)C1=C(C#N)[C@@H](c2ccc(Cl)cc2)NC(=S)N1. The maximum atomic E-state index is 9.54. The van der Waals surface area contributed by atoms with Crippen LogP contribution in [0.25, 0.3) is 0 Å². The zero-order valence-corrected chi connectivity index (χ0v) is 13.2. The fraction of sp³-hybridized carbons (Fsp3) is 0.333. The highest BCUT2D eigenvalue weighted by molar-refractivity contribution is 7.80. The molecule has 0 saturated heterocycles. The van der Waals surface area contributed by atoms with Crippen molar-refractivity contribution in [2.75, 3.05) is 0 Å². The van der Waals surface area contributed by atoms with E-state index in [1.54, 1.807) is 0 Å². The van der Waals surface area contributed by atoms with E-state index in [0.717, 1.165) is 11.3 Å². The van der Waals surface area contributed by atoms with Crippen LogP contribution in [0.5, 0.6) is 0 Å². The molecular weight excluding hydrogens is 290 g/mol. The number of nitrogens with one attached hydrogen (secondary N) is 2. The van der Waals surface area contributed by atoms with Crippen LogP contribution in [0, 0.1) is 16.7 Å². The third-order valence-corrected chi connectivity index (χ3v) is 3.62. The molecular formula is C15H16ClN3S. The first-order valence-electron chi connectivity index (χ1n) is 6.30. The van der Waals surface area contributed by atoms with Crippen LogP contribution in [0.3, 0.4) is 0 Å². The van der Waals surface area contributed by atoms with Crippen LogP contribution >= 0.6 is 23.8 Å². The summed E-state index contributed by atoms with van der Waals surface area (Å²) in [5.41, 5.74) is 2.32. The van der Waals surface area contributed by atoms with Crippen molar-refractivity contribution in [3.05, 3.63) is 46.1 Å². The van der Waals surface area contributed by atoms with Gasteiger partial charge in [-0.15, -0.1) is 0 Å². The Kier molecular flexibility index (Phi) is 4.03. The largest absolute Gasteiger partial charge is 0.351 e. The van der Waals surface area contributed by atoms with Gasteiger partial charge in [-0.05, 0) is 29.9 Å². The Hall–Kier alpha value is -1.57. The predicted octanol–water partition coefficient (Wildman–Crippen LogP) is 3.68. The molecule has 0 radical (unpaired) electrons. The van der Waals surface area contributed by atoms with Crippen LogP contribution in [-0.4, -0.2) is 5.11 Å². The van der Waals surface area contributed by atoms with Crippen LogP contribution < -0.4 is 10.6 Å². The second-order valence-corrected chi connectivity index (χ2v) is 6.58. The molecule has 0 spiro atoms. The molecule has 0 saturated carbocycles. The van der Waals surface area contributed by atoms with Crippen LogP contribution in [-0.2, 0) is 0 Å². The standard InChI is InChI=1S/C15H16ClN3S/c1-15(2,3)13-11(8-17)12(18-14(20)19-13)9-4-6-10(16)7-5-9/h4-7,12H,1-3H3,(H2,18,19,20)/t12-/m1/s1. The number of halogens is 1. The lowest BCUT2D eigenvalue weighted by molar-refractivity contribution is 0.462. The first-order valence-corrected chi connectivity index (χ1v) is 7.09. The van der Waals surface area contributed by atoms with E-state index < -0.39 is 0 Å². The lowest BCUT2D eigenvalue weighted by Crippen LogP contribution is -2.46. The lowest BCUT2D eigenvalue weighted by Gasteiger charge is -2.34. The highest BCUT2D eigenvalue weighted by Crippen LogP contribution is 2.34. The predicted molar refractivity (Wildman–Crippen MR) is 85.2 cm³/mol. The van der Waals surface area contributed by atoms with Crippen molar-refractivity contribution >= 4 is 28.9 Å². The molecule has 2 N–H and O–H groups in total. The van der Waals surface area contributed by atoms with Crippen molar-refractivity contribution < 1.29 is 0 Å². The van der Waals surface area contributed by atoms with Gasteiger partial charge in [0.25, 0.3) is 0 Å². The topological polar surface area (TPSA) is 47.9 Å². The zero-order valence-electron chi connectivity index (χ0n) is 11.6. The van der Waals surface area contributed by atoms with Crippen LogP contribution in [0.4, 0.5) is 0 Å². The Balaban J connectivity index is 2.54. The maximum absolute atomic E-state index is 9.54. The molecule has 5 heteroatoms. The number of nitrogens with zero attached hydrogens (tertiary/aromatic N) is 1. The number of hydrogen-bond acceptors (Lipinski definition) is 2. The van der Waals surface area contributed by atoms with E-state index in [1.165, 1.54) is 0 Å². The average molecular weight is 306 g/mol. The molecule has 104 valence electrons. The molecule has 0 aliphatic carbocycles. The number of nitriles is 1. The first-order chi connectivity index (χ1) is 9.32. The van der Waals surface area contributed by atoms with E-state index in [9.17, 15) is 5.26 Å². The van der Waals surface area contributed by atoms with Crippen molar-refractivity contribution in [1.82, 2.24) is 10.6 Å². The van der Waals surface area contributed by atoms with Gasteiger partial charge in [-0.3, -0.25) is 0 Å². The fourth-order valence-corrected chi connectivity index (χ4v) is 2.53. The summed E-state index contributed by atoms with van der Waals surface area (Å²) in [6.07, 6.45) is 0. The molecule has 3 nitrogen and oxygen atoms in total. The fourth-order valence-electron chi connectivity index (χ4n) is 2.18. The van der Waals surface area contributed by atoms with E-state index in [2.05, 4.69) is 37.5 Å². The number of thiocarbonyl (C=S) groups is 1. The molecule has 0 aromatic heterocycles. The van der Waals surface area contributed by atoms with Crippen molar-refractivity contribution in [3.63, 3.8) is 0 Å². The summed E-state index contributed by atoms with van der Waals surface area (Å²) in [5, 5.41) is 17.0. The number of hydrogen-bond donors (Lipinski definition) is 2. The summed E-state index contributed by atoms with van der Waals surface area (Å²) in [5.74, 6) is 0. The van der Waals surface area contributed by atoms with Gasteiger partial charge < -0.3 is 10.6 Å². The van der Waals surface area contributed by atoms with Gasteiger partial charge in [-0.2, -0.15) is 5.26 Å². The van der Waals surface area contributed by atoms with Gasteiger partial charge in [0, 0.05) is 16.1 Å². The monoisotopic (exact) mass is 305 g/mol. The molecule has 0 unspecified atom stereocenters. The van der Waals surface area contributed by atoms with Crippen molar-refractivity contribution in [1.29, 1.82) is 5.26 Å². The van der Waals surface area contributed by atoms with Gasteiger partial charge in [0.1, 0.15) is 0 Å². The Labute approximate surface area is 129 Å².